The number of hydrogen-bond donors (Lipinski definition) is 0. The lowest BCUT2D eigenvalue weighted by Crippen LogP contribution is -2.26. The van der Waals surface area contributed by atoms with E-state index in [9.17, 15) is 4.79 Å². The number of carbonyl (C=O) groups is 1. The standard InChI is InChI=1S/C23H29ClO2S/c1-4-6-7-16-27-21-14-10-19(11-15-21)18-8-12-20(13-9-18)26-23(25)22(24)17(3)5-2/h8-15,17,22H,4-7,16H2,1-3H3. The summed E-state index contributed by atoms with van der Waals surface area (Å²) in [6, 6.07) is 16.2. The van der Waals surface area contributed by atoms with Gasteiger partial charge in [0, 0.05) is 4.90 Å². The molecule has 2 aromatic carbocycles. The molecule has 0 aromatic heterocycles. The molecular formula is C23H29ClO2S. The molecule has 2 atom stereocenters. The first-order valence-electron chi connectivity index (χ1n) is 9.74. The van der Waals surface area contributed by atoms with Crippen molar-refractivity contribution in [3.63, 3.8) is 0 Å². The van der Waals surface area contributed by atoms with Crippen LogP contribution in [0.1, 0.15) is 46.5 Å². The number of alkyl halides is 1. The van der Waals surface area contributed by atoms with Gasteiger partial charge >= 0.3 is 5.97 Å². The molecule has 0 saturated heterocycles. The van der Waals surface area contributed by atoms with E-state index in [-0.39, 0.29) is 11.9 Å². The number of ether oxygens (including phenoxy) is 1. The molecule has 0 N–H and O–H groups in total. The molecule has 0 fully saturated rings. The summed E-state index contributed by atoms with van der Waals surface area (Å²) in [5.41, 5.74) is 2.25. The molecule has 146 valence electrons. The summed E-state index contributed by atoms with van der Waals surface area (Å²) < 4.78 is 5.40. The minimum Gasteiger partial charge on any atom is -0.425 e. The fraction of sp³-hybridized carbons (Fsp3) is 0.435. The average molecular weight is 405 g/mol. The zero-order valence-electron chi connectivity index (χ0n) is 16.4. The second-order valence-corrected chi connectivity index (χ2v) is 8.45. The molecule has 2 aromatic rings. The zero-order chi connectivity index (χ0) is 19.6. The predicted octanol–water partition coefficient (Wildman–Crippen LogP) is 7.19. The molecule has 0 aliphatic carbocycles. The summed E-state index contributed by atoms with van der Waals surface area (Å²) in [4.78, 5) is 13.4. The molecule has 0 spiro atoms. The second-order valence-electron chi connectivity index (χ2n) is 6.81. The molecule has 2 rings (SSSR count). The van der Waals surface area contributed by atoms with Crippen molar-refractivity contribution in [2.24, 2.45) is 5.92 Å². The van der Waals surface area contributed by atoms with Crippen LogP contribution in [0.2, 0.25) is 0 Å². The highest BCUT2D eigenvalue weighted by molar-refractivity contribution is 7.99. The smallest absolute Gasteiger partial charge is 0.329 e. The third-order valence-corrected chi connectivity index (χ3v) is 6.35. The maximum atomic E-state index is 12.1. The Morgan fingerprint density at radius 3 is 2.15 bits per heavy atom. The number of unbranched alkanes of at least 4 members (excludes halogenated alkanes) is 2. The van der Waals surface area contributed by atoms with Crippen LogP contribution in [0.25, 0.3) is 11.1 Å². The first kappa shape index (κ1) is 21.8. The highest BCUT2D eigenvalue weighted by Crippen LogP contribution is 2.27. The molecule has 0 bridgehead atoms. The summed E-state index contributed by atoms with van der Waals surface area (Å²) in [5.74, 6) is 1.41. The number of carbonyl (C=O) groups excluding carboxylic acids is 1. The highest BCUT2D eigenvalue weighted by atomic mass is 35.5. The Labute approximate surface area is 172 Å². The van der Waals surface area contributed by atoms with Gasteiger partial charge in [-0.3, -0.25) is 4.79 Å². The van der Waals surface area contributed by atoms with E-state index in [1.165, 1.54) is 29.9 Å². The highest BCUT2D eigenvalue weighted by Gasteiger charge is 2.23. The average Bonchev–Trinajstić information content (AvgIpc) is 2.71. The van der Waals surface area contributed by atoms with Gasteiger partial charge < -0.3 is 4.74 Å². The van der Waals surface area contributed by atoms with Crippen molar-refractivity contribution in [2.75, 3.05) is 5.75 Å². The molecule has 0 aliphatic heterocycles. The fourth-order valence-corrected chi connectivity index (χ4v) is 3.75. The second kappa shape index (κ2) is 11.4. The number of thioether (sulfide) groups is 1. The van der Waals surface area contributed by atoms with Crippen molar-refractivity contribution in [2.45, 2.75) is 56.7 Å². The van der Waals surface area contributed by atoms with Gasteiger partial charge in [0.25, 0.3) is 0 Å². The Kier molecular flexibility index (Phi) is 9.23. The van der Waals surface area contributed by atoms with E-state index < -0.39 is 5.38 Å². The van der Waals surface area contributed by atoms with Crippen molar-refractivity contribution in [3.05, 3.63) is 48.5 Å². The van der Waals surface area contributed by atoms with Crippen LogP contribution in [-0.2, 0) is 4.79 Å². The Bertz CT molecular complexity index is 697. The zero-order valence-corrected chi connectivity index (χ0v) is 18.0. The Morgan fingerprint density at radius 1 is 1.00 bits per heavy atom. The minimum absolute atomic E-state index is 0.0943. The van der Waals surface area contributed by atoms with Crippen LogP contribution in [0.5, 0.6) is 5.75 Å². The van der Waals surface area contributed by atoms with Gasteiger partial charge in [-0.05, 0) is 53.5 Å². The van der Waals surface area contributed by atoms with Crippen LogP contribution >= 0.6 is 23.4 Å². The maximum absolute atomic E-state index is 12.1. The summed E-state index contributed by atoms with van der Waals surface area (Å²) in [5, 5.41) is -0.614. The number of benzene rings is 2. The molecular weight excluding hydrogens is 376 g/mol. The molecule has 0 saturated carbocycles. The van der Waals surface area contributed by atoms with Crippen LogP contribution in [0, 0.1) is 5.92 Å². The van der Waals surface area contributed by atoms with Gasteiger partial charge in [-0.15, -0.1) is 23.4 Å². The van der Waals surface area contributed by atoms with Crippen molar-refractivity contribution in [1.82, 2.24) is 0 Å². The number of halogens is 1. The van der Waals surface area contributed by atoms with Gasteiger partial charge in [-0.25, -0.2) is 0 Å². The lowest BCUT2D eigenvalue weighted by Gasteiger charge is -2.15. The van der Waals surface area contributed by atoms with Crippen LogP contribution in [0.15, 0.2) is 53.4 Å². The van der Waals surface area contributed by atoms with Crippen molar-refractivity contribution in [1.29, 1.82) is 0 Å². The number of esters is 1. The Balaban J connectivity index is 1.93. The van der Waals surface area contributed by atoms with E-state index in [0.717, 1.165) is 17.5 Å². The van der Waals surface area contributed by atoms with Crippen LogP contribution in [0.4, 0.5) is 0 Å². The number of hydrogen-bond acceptors (Lipinski definition) is 3. The van der Waals surface area contributed by atoms with E-state index in [1.54, 1.807) is 0 Å². The van der Waals surface area contributed by atoms with Gasteiger partial charge in [0.1, 0.15) is 11.1 Å². The number of rotatable bonds is 10. The van der Waals surface area contributed by atoms with Gasteiger partial charge in [0.05, 0.1) is 0 Å². The topological polar surface area (TPSA) is 26.3 Å². The molecule has 2 nitrogen and oxygen atoms in total. The maximum Gasteiger partial charge on any atom is 0.329 e. The third-order valence-electron chi connectivity index (χ3n) is 4.65. The van der Waals surface area contributed by atoms with Crippen molar-refractivity contribution >= 4 is 29.3 Å². The molecule has 27 heavy (non-hydrogen) atoms. The van der Waals surface area contributed by atoms with Crippen LogP contribution < -0.4 is 4.74 Å². The molecule has 0 heterocycles. The summed E-state index contributed by atoms with van der Waals surface area (Å²) >= 11 is 8.06. The van der Waals surface area contributed by atoms with E-state index >= 15 is 0 Å². The Hall–Kier alpha value is -1.45. The van der Waals surface area contributed by atoms with Gasteiger partial charge in [-0.2, -0.15) is 0 Å². The van der Waals surface area contributed by atoms with Crippen LogP contribution in [0.3, 0.4) is 0 Å². The third kappa shape index (κ3) is 6.90. The summed E-state index contributed by atoms with van der Waals surface area (Å²) in [6.45, 7) is 6.19. The quantitative estimate of drug-likeness (QED) is 0.138. The normalized spacial score (nSPS) is 13.2. The minimum atomic E-state index is -0.614. The largest absolute Gasteiger partial charge is 0.425 e. The SMILES string of the molecule is CCCCCSc1ccc(-c2ccc(OC(=O)C(Cl)C(C)CC)cc2)cc1. The monoisotopic (exact) mass is 404 g/mol. The molecule has 2 unspecified atom stereocenters. The molecule has 4 heteroatoms. The van der Waals surface area contributed by atoms with Gasteiger partial charge in [-0.1, -0.05) is 64.3 Å². The van der Waals surface area contributed by atoms with Crippen molar-refractivity contribution < 1.29 is 9.53 Å². The van der Waals surface area contributed by atoms with Gasteiger partial charge in [0.2, 0.25) is 0 Å². The summed E-state index contributed by atoms with van der Waals surface area (Å²) in [7, 11) is 0. The molecule has 0 amide bonds. The first-order chi connectivity index (χ1) is 13.0. The van der Waals surface area contributed by atoms with Gasteiger partial charge in [0.15, 0.2) is 0 Å². The van der Waals surface area contributed by atoms with E-state index in [2.05, 4.69) is 31.2 Å². The summed E-state index contributed by atoms with van der Waals surface area (Å²) in [6.07, 6.45) is 4.66. The van der Waals surface area contributed by atoms with Crippen molar-refractivity contribution in [3.8, 4) is 16.9 Å². The Morgan fingerprint density at radius 2 is 1.59 bits per heavy atom. The fourth-order valence-electron chi connectivity index (χ4n) is 2.61. The molecule has 0 radical (unpaired) electrons. The molecule has 0 aliphatic rings. The van der Waals surface area contributed by atoms with E-state index in [0.29, 0.717) is 5.75 Å². The van der Waals surface area contributed by atoms with E-state index in [4.69, 9.17) is 16.3 Å². The lowest BCUT2D eigenvalue weighted by molar-refractivity contribution is -0.134. The first-order valence-corrected chi connectivity index (χ1v) is 11.2. The van der Waals surface area contributed by atoms with Crippen LogP contribution in [-0.4, -0.2) is 17.1 Å². The predicted molar refractivity (Wildman–Crippen MR) is 117 cm³/mol. The van der Waals surface area contributed by atoms with E-state index in [1.807, 2.05) is 49.9 Å². The lowest BCUT2D eigenvalue weighted by atomic mass is 10.0.